The van der Waals surface area contributed by atoms with Crippen LogP contribution < -0.4 is 10.5 Å². The molecular weight excluding hydrogens is 517 g/mol. The fraction of sp³-hybridized carbons (Fsp3) is 0.150. The monoisotopic (exact) mass is 531 g/mol. The van der Waals surface area contributed by atoms with Crippen LogP contribution in [0.3, 0.4) is 0 Å². The molecule has 15 heteroatoms. The number of amides is 1. The molecule has 0 fully saturated rings. The lowest BCUT2D eigenvalue weighted by atomic mass is 10.1. The second-order valence-corrected chi connectivity index (χ2v) is 10.3. The maximum absolute atomic E-state index is 13.7. The highest BCUT2D eigenvalue weighted by Crippen LogP contribution is 2.33. The number of alkyl halides is 5. The molecule has 1 aromatic carbocycles. The molecule has 4 rings (SSSR count). The van der Waals surface area contributed by atoms with E-state index in [4.69, 9.17) is 5.14 Å². The second-order valence-electron chi connectivity index (χ2n) is 7.27. The van der Waals surface area contributed by atoms with Crippen molar-refractivity contribution in [3.63, 3.8) is 0 Å². The molecule has 0 spiro atoms. The number of fused-ring (bicyclic) bond motifs is 1. The van der Waals surface area contributed by atoms with Gasteiger partial charge in [0.25, 0.3) is 12.3 Å². The normalized spacial score (nSPS) is 12.5. The molecule has 3 N–H and O–H groups in total. The zero-order valence-electron chi connectivity index (χ0n) is 17.5. The van der Waals surface area contributed by atoms with Crippen molar-refractivity contribution in [2.45, 2.75) is 23.7 Å². The smallest absolute Gasteiger partial charge is 0.321 e. The third-order valence-electron chi connectivity index (χ3n) is 4.90. The summed E-state index contributed by atoms with van der Waals surface area (Å²) in [5, 5.41) is 11.4. The molecule has 0 aliphatic heterocycles. The number of sulfonamides is 1. The van der Waals surface area contributed by atoms with E-state index in [1.54, 1.807) is 6.92 Å². The Labute approximate surface area is 198 Å². The van der Waals surface area contributed by atoms with Gasteiger partial charge >= 0.3 is 6.18 Å². The van der Waals surface area contributed by atoms with E-state index in [-0.39, 0.29) is 32.4 Å². The van der Waals surface area contributed by atoms with Crippen LogP contribution in [0.4, 0.5) is 27.6 Å². The molecule has 35 heavy (non-hydrogen) atoms. The highest BCUT2D eigenvalue weighted by Gasteiger charge is 2.30. The van der Waals surface area contributed by atoms with E-state index in [1.807, 2.05) is 0 Å². The van der Waals surface area contributed by atoms with Crippen molar-refractivity contribution >= 4 is 38.6 Å². The van der Waals surface area contributed by atoms with Gasteiger partial charge in [0.1, 0.15) is 15.5 Å². The molecule has 3 heterocycles. The lowest BCUT2D eigenvalue weighted by molar-refractivity contribution is -0.137. The lowest BCUT2D eigenvalue weighted by Crippen LogP contribution is -2.13. The number of hydrogen-bond acceptors (Lipinski definition) is 6. The molecule has 0 atom stereocenters. The maximum Gasteiger partial charge on any atom is 0.416 e. The van der Waals surface area contributed by atoms with Crippen LogP contribution in [0.5, 0.6) is 0 Å². The Morgan fingerprint density at radius 1 is 1.17 bits per heavy atom. The highest BCUT2D eigenvalue weighted by atomic mass is 32.2. The quantitative estimate of drug-likeness (QED) is 0.364. The number of rotatable bonds is 5. The molecule has 0 saturated heterocycles. The van der Waals surface area contributed by atoms with Crippen molar-refractivity contribution in [3.05, 3.63) is 64.3 Å². The van der Waals surface area contributed by atoms with Crippen LogP contribution in [0.2, 0.25) is 0 Å². The average molecular weight is 531 g/mol. The van der Waals surface area contributed by atoms with Crippen molar-refractivity contribution in [2.24, 2.45) is 5.14 Å². The molecule has 8 nitrogen and oxygen atoms in total. The molecule has 0 aliphatic rings. The largest absolute Gasteiger partial charge is 0.416 e. The summed E-state index contributed by atoms with van der Waals surface area (Å²) >= 11 is 0.830. The number of anilines is 1. The highest BCUT2D eigenvalue weighted by molar-refractivity contribution is 7.91. The van der Waals surface area contributed by atoms with Gasteiger partial charge in [-0.2, -0.15) is 18.3 Å². The van der Waals surface area contributed by atoms with E-state index in [1.165, 1.54) is 0 Å². The molecule has 0 unspecified atom stereocenters. The number of nitrogens with two attached hydrogens (primary N) is 1. The first-order valence-electron chi connectivity index (χ1n) is 9.54. The van der Waals surface area contributed by atoms with Crippen molar-refractivity contribution in [1.29, 1.82) is 0 Å². The molecule has 0 saturated carbocycles. The standard InChI is InChI=1S/C20H14F5N5O3S2/c1-9-13(7-16(34-9)35(26,32)33)29-19(31)12-8-27-30-15(17(21)22)6-14(28-18(12)30)10-2-4-11(5-3-10)20(23,24)25/h2-8,17H,1H3,(H,29,31)(H2,26,32,33). The second kappa shape index (κ2) is 8.66. The van der Waals surface area contributed by atoms with Crippen LogP contribution in [-0.2, 0) is 16.2 Å². The zero-order valence-corrected chi connectivity index (χ0v) is 19.1. The lowest BCUT2D eigenvalue weighted by Gasteiger charge is -2.10. The minimum atomic E-state index is -4.58. The Morgan fingerprint density at radius 3 is 2.37 bits per heavy atom. The molecule has 3 aromatic heterocycles. The summed E-state index contributed by atoms with van der Waals surface area (Å²) in [5.74, 6) is -0.820. The van der Waals surface area contributed by atoms with Gasteiger partial charge in [-0.05, 0) is 31.2 Å². The molecule has 4 aromatic rings. The van der Waals surface area contributed by atoms with Gasteiger partial charge in [-0.25, -0.2) is 31.8 Å². The third kappa shape index (κ3) is 4.87. The van der Waals surface area contributed by atoms with Crippen molar-refractivity contribution in [3.8, 4) is 11.3 Å². The van der Waals surface area contributed by atoms with Gasteiger partial charge < -0.3 is 5.32 Å². The first-order valence-corrected chi connectivity index (χ1v) is 11.9. The van der Waals surface area contributed by atoms with Gasteiger partial charge in [0.05, 0.1) is 23.1 Å². The fourth-order valence-electron chi connectivity index (χ4n) is 3.19. The predicted octanol–water partition coefficient (Wildman–Crippen LogP) is 4.62. The summed E-state index contributed by atoms with van der Waals surface area (Å²) in [7, 11) is -4.01. The number of hydrogen-bond donors (Lipinski definition) is 2. The Kier molecular flexibility index (Phi) is 6.11. The minimum absolute atomic E-state index is 0.0979. The number of carbonyl (C=O) groups excluding carboxylic acids is 1. The fourth-order valence-corrected chi connectivity index (χ4v) is 5.01. The van der Waals surface area contributed by atoms with Crippen molar-refractivity contribution in [1.82, 2.24) is 14.6 Å². The SMILES string of the molecule is Cc1sc(S(N)(=O)=O)cc1NC(=O)c1cnn2c(C(F)F)cc(-c3ccc(C(F)(F)F)cc3)nc12. The number of nitrogens with zero attached hydrogens (tertiary/aromatic N) is 3. The topological polar surface area (TPSA) is 119 Å². The summed E-state index contributed by atoms with van der Waals surface area (Å²) in [6.07, 6.45) is -6.62. The molecule has 0 bridgehead atoms. The van der Waals surface area contributed by atoms with Gasteiger partial charge in [0.15, 0.2) is 5.65 Å². The molecule has 0 aliphatic carbocycles. The van der Waals surface area contributed by atoms with Crippen LogP contribution >= 0.6 is 11.3 Å². The maximum atomic E-state index is 13.7. The number of thiophene rings is 1. The van der Waals surface area contributed by atoms with Crippen LogP contribution in [0.25, 0.3) is 16.9 Å². The van der Waals surface area contributed by atoms with E-state index in [0.717, 1.165) is 58.4 Å². The number of aromatic nitrogens is 3. The Balaban J connectivity index is 1.77. The van der Waals surface area contributed by atoms with Crippen LogP contribution in [0.1, 0.15) is 32.9 Å². The molecular formula is C20H14F5N5O3S2. The number of primary sulfonamides is 1. The van der Waals surface area contributed by atoms with Gasteiger partial charge in [0, 0.05) is 10.4 Å². The summed E-state index contributed by atoms with van der Waals surface area (Å²) in [5.41, 5.74) is -1.90. The zero-order chi connectivity index (χ0) is 25.7. The van der Waals surface area contributed by atoms with Gasteiger partial charge in [0.2, 0.25) is 10.0 Å². The summed E-state index contributed by atoms with van der Waals surface area (Å²) in [6, 6.07) is 5.86. The minimum Gasteiger partial charge on any atom is -0.321 e. The van der Waals surface area contributed by atoms with Gasteiger partial charge in [-0.3, -0.25) is 4.79 Å². The van der Waals surface area contributed by atoms with Crippen LogP contribution in [-0.4, -0.2) is 28.9 Å². The number of nitrogens with one attached hydrogen (secondary N) is 1. The molecule has 0 radical (unpaired) electrons. The van der Waals surface area contributed by atoms with E-state index in [0.29, 0.717) is 4.88 Å². The van der Waals surface area contributed by atoms with Gasteiger partial charge in [-0.1, -0.05) is 12.1 Å². The van der Waals surface area contributed by atoms with Crippen molar-refractivity contribution in [2.75, 3.05) is 5.32 Å². The van der Waals surface area contributed by atoms with E-state index in [9.17, 15) is 35.2 Å². The predicted molar refractivity (Wildman–Crippen MR) is 117 cm³/mol. The van der Waals surface area contributed by atoms with E-state index < -0.39 is 39.8 Å². The Hall–Kier alpha value is -3.43. The number of aryl methyl sites for hydroxylation is 1. The Morgan fingerprint density at radius 2 is 1.83 bits per heavy atom. The first kappa shape index (κ1) is 24.7. The third-order valence-corrected chi connectivity index (χ3v) is 7.37. The molecule has 1 amide bonds. The number of benzene rings is 1. The average Bonchev–Trinajstić information content (AvgIpc) is 3.36. The van der Waals surface area contributed by atoms with Gasteiger partial charge in [-0.15, -0.1) is 11.3 Å². The number of halogens is 5. The van der Waals surface area contributed by atoms with Crippen LogP contribution in [0.15, 0.2) is 46.8 Å². The molecule has 184 valence electrons. The van der Waals surface area contributed by atoms with E-state index >= 15 is 0 Å². The van der Waals surface area contributed by atoms with E-state index in [2.05, 4.69) is 15.4 Å². The first-order chi connectivity index (χ1) is 16.3. The van der Waals surface area contributed by atoms with Crippen LogP contribution in [0, 0.1) is 6.92 Å². The Bertz CT molecular complexity index is 1540. The number of carbonyl (C=O) groups is 1. The van der Waals surface area contributed by atoms with Crippen molar-refractivity contribution < 1.29 is 35.2 Å². The summed E-state index contributed by atoms with van der Waals surface area (Å²) < 4.78 is 89.7. The summed E-state index contributed by atoms with van der Waals surface area (Å²) in [6.45, 7) is 1.54. The summed E-state index contributed by atoms with van der Waals surface area (Å²) in [4.78, 5) is 17.5.